The number of rotatable bonds is 2. The minimum absolute atomic E-state index is 0.0828. The maximum atomic E-state index is 11.0. The van der Waals surface area contributed by atoms with Crippen molar-refractivity contribution < 1.29 is 5.03 Å². The molecule has 0 spiro atoms. The van der Waals surface area contributed by atoms with Gasteiger partial charge in [-0.25, -0.2) is 10.1 Å². The molecule has 0 radical (unpaired) electrons. The Hall–Kier alpha value is -1.92. The summed E-state index contributed by atoms with van der Waals surface area (Å²) >= 11 is 0. The number of hydrazine groups is 1. The second-order valence-electron chi connectivity index (χ2n) is 2.53. The molecule has 13 heavy (non-hydrogen) atoms. The van der Waals surface area contributed by atoms with E-state index in [-0.39, 0.29) is 5.95 Å². The van der Waals surface area contributed by atoms with Gasteiger partial charge in [-0.05, 0) is 6.92 Å². The molecule has 1 aromatic rings. The Bertz CT molecular complexity index is 397. The smallest absolute Gasteiger partial charge is 0.277 e. The van der Waals surface area contributed by atoms with E-state index in [1.165, 1.54) is 10.8 Å². The molecule has 1 rings (SSSR count). The summed E-state index contributed by atoms with van der Waals surface area (Å²) in [6, 6.07) is 0. The van der Waals surface area contributed by atoms with Gasteiger partial charge in [-0.3, -0.25) is 4.79 Å². The number of aryl methyl sites for hydroxylation is 2. The predicted octanol–water partition coefficient (Wildman–Crippen LogP) is -0.308. The van der Waals surface area contributed by atoms with Crippen LogP contribution in [0.3, 0.4) is 0 Å². The summed E-state index contributed by atoms with van der Waals surface area (Å²) in [7, 11) is 1.56. The molecule has 0 unspecified atom stereocenters. The molecule has 0 saturated carbocycles. The molecule has 7 nitrogen and oxygen atoms in total. The number of anilines is 1. The van der Waals surface area contributed by atoms with Crippen molar-refractivity contribution in [1.29, 1.82) is 0 Å². The van der Waals surface area contributed by atoms with E-state index in [2.05, 4.69) is 4.98 Å². The maximum absolute atomic E-state index is 11.0. The van der Waals surface area contributed by atoms with Crippen LogP contribution in [0.5, 0.6) is 0 Å². The molecular weight excluding hydrogens is 176 g/mol. The van der Waals surface area contributed by atoms with Crippen molar-refractivity contribution >= 4 is 5.95 Å². The van der Waals surface area contributed by atoms with Crippen LogP contribution >= 0.6 is 0 Å². The summed E-state index contributed by atoms with van der Waals surface area (Å²) in [5.74, 6) is -0.0828. The topological polar surface area (TPSA) is 90.1 Å². The average molecular weight is 184 g/mol. The number of nitrogens with one attached hydrogen (secondary N) is 1. The minimum Gasteiger partial charge on any atom is -0.317 e. The van der Waals surface area contributed by atoms with Gasteiger partial charge in [-0.1, -0.05) is 5.43 Å². The summed E-state index contributed by atoms with van der Waals surface area (Å²) in [5, 5.41) is 9.29. The Kier molecular flexibility index (Phi) is 2.27. The molecule has 1 heterocycles. The molecule has 0 aromatic carbocycles. The number of nitrogens with zero attached hydrogens (tertiary/aromatic N) is 3. The van der Waals surface area contributed by atoms with Gasteiger partial charge in [-0.2, -0.15) is 4.98 Å². The van der Waals surface area contributed by atoms with Crippen molar-refractivity contribution in [3.8, 4) is 0 Å². The standard InChI is InChI=1S/C6H8N4O3/c1-4-3-9(2)6(7-5(4)11)8-10(12)13/h3H,1-2H3,(H,7,8,11). The van der Waals surface area contributed by atoms with E-state index in [0.717, 1.165) is 0 Å². The molecule has 1 N–H and O–H groups in total. The minimum atomic E-state index is -0.767. The van der Waals surface area contributed by atoms with Crippen molar-refractivity contribution in [1.82, 2.24) is 9.55 Å². The van der Waals surface area contributed by atoms with Gasteiger partial charge < -0.3 is 4.57 Å². The summed E-state index contributed by atoms with van der Waals surface area (Å²) in [4.78, 5) is 24.5. The van der Waals surface area contributed by atoms with Crippen molar-refractivity contribution in [3.05, 3.63) is 32.2 Å². The first-order valence-electron chi connectivity index (χ1n) is 3.46. The van der Waals surface area contributed by atoms with E-state index in [0.29, 0.717) is 5.56 Å². The Morgan fingerprint density at radius 3 is 2.85 bits per heavy atom. The van der Waals surface area contributed by atoms with Crippen molar-refractivity contribution in [2.75, 3.05) is 5.43 Å². The third kappa shape index (κ3) is 2.01. The highest BCUT2D eigenvalue weighted by atomic mass is 16.7. The van der Waals surface area contributed by atoms with E-state index < -0.39 is 10.6 Å². The van der Waals surface area contributed by atoms with Crippen LogP contribution in [0.2, 0.25) is 0 Å². The van der Waals surface area contributed by atoms with Crippen LogP contribution in [-0.4, -0.2) is 14.6 Å². The predicted molar refractivity (Wildman–Crippen MR) is 44.8 cm³/mol. The average Bonchev–Trinajstić information content (AvgIpc) is 1.99. The summed E-state index contributed by atoms with van der Waals surface area (Å²) < 4.78 is 1.37. The molecule has 0 saturated heterocycles. The van der Waals surface area contributed by atoms with Crippen LogP contribution in [-0.2, 0) is 7.05 Å². The fraction of sp³-hybridized carbons (Fsp3) is 0.333. The molecule has 7 heteroatoms. The quantitative estimate of drug-likeness (QED) is 0.503. The Labute approximate surface area is 73.1 Å². The van der Waals surface area contributed by atoms with Crippen LogP contribution in [0.25, 0.3) is 0 Å². The Morgan fingerprint density at radius 1 is 1.69 bits per heavy atom. The van der Waals surface area contributed by atoms with Crippen molar-refractivity contribution in [3.63, 3.8) is 0 Å². The molecular formula is C6H8N4O3. The molecule has 70 valence electrons. The molecule has 0 fully saturated rings. The normalized spacial score (nSPS) is 9.69. The molecule has 0 bridgehead atoms. The van der Waals surface area contributed by atoms with E-state index in [1.807, 2.05) is 5.43 Å². The van der Waals surface area contributed by atoms with Gasteiger partial charge in [0.2, 0.25) is 0 Å². The third-order valence-corrected chi connectivity index (χ3v) is 1.46. The number of nitro groups is 1. The molecule has 0 aliphatic heterocycles. The highest BCUT2D eigenvalue weighted by molar-refractivity contribution is 5.22. The zero-order valence-electron chi connectivity index (χ0n) is 7.14. The zero-order chi connectivity index (χ0) is 10.0. The Balaban J connectivity index is 3.16. The summed E-state index contributed by atoms with van der Waals surface area (Å²) in [6.45, 7) is 1.59. The lowest BCUT2D eigenvalue weighted by molar-refractivity contribution is -0.446. The Morgan fingerprint density at radius 2 is 2.31 bits per heavy atom. The maximum Gasteiger partial charge on any atom is 0.277 e. The first kappa shape index (κ1) is 9.17. The van der Waals surface area contributed by atoms with Crippen LogP contribution in [0.15, 0.2) is 11.0 Å². The van der Waals surface area contributed by atoms with Gasteiger partial charge in [0.1, 0.15) is 0 Å². The zero-order valence-corrected chi connectivity index (χ0v) is 7.14. The van der Waals surface area contributed by atoms with Gasteiger partial charge in [0.25, 0.3) is 11.5 Å². The molecule has 0 amide bonds. The number of hydrogen-bond donors (Lipinski definition) is 1. The number of aromatic nitrogens is 2. The fourth-order valence-corrected chi connectivity index (χ4v) is 0.856. The van der Waals surface area contributed by atoms with Crippen LogP contribution in [0.4, 0.5) is 5.95 Å². The first-order valence-corrected chi connectivity index (χ1v) is 3.46. The van der Waals surface area contributed by atoms with Crippen LogP contribution in [0.1, 0.15) is 5.56 Å². The van der Waals surface area contributed by atoms with Gasteiger partial charge >= 0.3 is 0 Å². The highest BCUT2D eigenvalue weighted by Gasteiger charge is 2.06. The van der Waals surface area contributed by atoms with Crippen molar-refractivity contribution in [2.45, 2.75) is 6.92 Å². The van der Waals surface area contributed by atoms with Gasteiger partial charge in [0, 0.05) is 18.8 Å². The first-order chi connectivity index (χ1) is 6.00. The molecule has 1 aromatic heterocycles. The third-order valence-electron chi connectivity index (χ3n) is 1.46. The van der Waals surface area contributed by atoms with Crippen molar-refractivity contribution in [2.24, 2.45) is 7.05 Å². The van der Waals surface area contributed by atoms with E-state index in [4.69, 9.17) is 0 Å². The largest absolute Gasteiger partial charge is 0.317 e. The fourth-order valence-electron chi connectivity index (χ4n) is 0.856. The monoisotopic (exact) mass is 184 g/mol. The SMILES string of the molecule is Cc1cn(C)c(N[N+](=O)[O-])nc1=O. The lowest BCUT2D eigenvalue weighted by atomic mass is 10.4. The lowest BCUT2D eigenvalue weighted by Gasteiger charge is -2.03. The van der Waals surface area contributed by atoms with E-state index in [9.17, 15) is 14.9 Å². The van der Waals surface area contributed by atoms with Crippen LogP contribution in [0, 0.1) is 17.0 Å². The number of hydrogen-bond acceptors (Lipinski definition) is 4. The molecule has 0 atom stereocenters. The highest BCUT2D eigenvalue weighted by Crippen LogP contribution is 1.98. The second kappa shape index (κ2) is 3.21. The molecule has 0 aliphatic carbocycles. The van der Waals surface area contributed by atoms with E-state index >= 15 is 0 Å². The molecule has 0 aliphatic rings. The van der Waals surface area contributed by atoms with Gasteiger partial charge in [0.05, 0.1) is 0 Å². The lowest BCUT2D eigenvalue weighted by Crippen LogP contribution is -2.21. The van der Waals surface area contributed by atoms with Gasteiger partial charge in [0.15, 0.2) is 5.03 Å². The van der Waals surface area contributed by atoms with E-state index in [1.54, 1.807) is 14.0 Å². The summed E-state index contributed by atoms with van der Waals surface area (Å²) in [5.41, 5.74) is 1.79. The van der Waals surface area contributed by atoms with Crippen LogP contribution < -0.4 is 11.0 Å². The van der Waals surface area contributed by atoms with Gasteiger partial charge in [-0.15, -0.1) is 0 Å². The second-order valence-corrected chi connectivity index (χ2v) is 2.53. The summed E-state index contributed by atoms with van der Waals surface area (Å²) in [6.07, 6.45) is 1.47.